The van der Waals surface area contributed by atoms with Gasteiger partial charge in [-0.05, 0) is 36.0 Å². The predicted octanol–water partition coefficient (Wildman–Crippen LogP) is 3.46. The second-order valence-corrected chi connectivity index (χ2v) is 6.20. The molecule has 4 aromatic rings. The lowest BCUT2D eigenvalue weighted by molar-refractivity contribution is 0.681. The first kappa shape index (κ1) is 15.4. The molecule has 4 rings (SSSR count). The van der Waals surface area contributed by atoms with E-state index in [1.807, 2.05) is 66.7 Å². The number of benzene rings is 3. The third kappa shape index (κ3) is 2.76. The quantitative estimate of drug-likeness (QED) is 0.593. The standard InChI is InChI=1S/C17H12N2OS.CH5N/c20-21(17-14-9-3-4-10-15(14)18-19-17)16-11-5-7-12-6-1-2-8-13(12)16;1-2/h1-11H,(H,18,19);2H2,1H3. The summed E-state index contributed by atoms with van der Waals surface area (Å²) >= 11 is 0. The Bertz CT molecular complexity index is 973. The lowest BCUT2D eigenvalue weighted by atomic mass is 10.1. The van der Waals surface area contributed by atoms with Crippen LogP contribution in [0.15, 0.2) is 76.7 Å². The molecule has 116 valence electrons. The Morgan fingerprint density at radius 3 is 2.35 bits per heavy atom. The highest BCUT2D eigenvalue weighted by molar-refractivity contribution is 7.85. The number of aromatic nitrogens is 2. The van der Waals surface area contributed by atoms with Crippen LogP contribution in [0.2, 0.25) is 0 Å². The maximum atomic E-state index is 13.0. The number of nitrogens with one attached hydrogen (secondary N) is 1. The Hall–Kier alpha value is -2.50. The zero-order chi connectivity index (χ0) is 16.2. The van der Waals surface area contributed by atoms with Gasteiger partial charge in [0.1, 0.15) is 15.8 Å². The first-order valence-electron chi connectivity index (χ1n) is 7.25. The van der Waals surface area contributed by atoms with Crippen LogP contribution in [0.5, 0.6) is 0 Å². The lowest BCUT2D eigenvalue weighted by Crippen LogP contribution is -1.95. The molecule has 0 radical (unpaired) electrons. The molecule has 0 aliphatic carbocycles. The molecule has 1 atom stereocenters. The van der Waals surface area contributed by atoms with Crippen LogP contribution < -0.4 is 5.73 Å². The monoisotopic (exact) mass is 323 g/mol. The van der Waals surface area contributed by atoms with Gasteiger partial charge in [-0.15, -0.1) is 0 Å². The number of hydrogen-bond donors (Lipinski definition) is 2. The smallest absolute Gasteiger partial charge is 0.135 e. The van der Waals surface area contributed by atoms with Gasteiger partial charge in [-0.1, -0.05) is 48.5 Å². The van der Waals surface area contributed by atoms with Crippen LogP contribution in [0.4, 0.5) is 0 Å². The average molecular weight is 323 g/mol. The number of nitrogens with zero attached hydrogens (tertiary/aromatic N) is 1. The molecular formula is C18H17N3OS. The van der Waals surface area contributed by atoms with E-state index >= 15 is 0 Å². The van der Waals surface area contributed by atoms with Gasteiger partial charge in [0, 0.05) is 5.39 Å². The van der Waals surface area contributed by atoms with Crippen LogP contribution in [0.3, 0.4) is 0 Å². The zero-order valence-electron chi connectivity index (χ0n) is 12.7. The van der Waals surface area contributed by atoms with E-state index in [4.69, 9.17) is 0 Å². The van der Waals surface area contributed by atoms with E-state index in [1.54, 1.807) is 0 Å². The van der Waals surface area contributed by atoms with Crippen molar-refractivity contribution in [3.05, 3.63) is 66.7 Å². The number of aromatic amines is 1. The highest BCUT2D eigenvalue weighted by Crippen LogP contribution is 2.27. The molecular weight excluding hydrogens is 306 g/mol. The summed E-state index contributed by atoms with van der Waals surface area (Å²) in [6.45, 7) is 0. The van der Waals surface area contributed by atoms with E-state index in [2.05, 4.69) is 15.9 Å². The van der Waals surface area contributed by atoms with Crippen LogP contribution in [-0.4, -0.2) is 21.5 Å². The molecule has 0 aliphatic heterocycles. The first-order valence-corrected chi connectivity index (χ1v) is 8.40. The third-order valence-electron chi connectivity index (χ3n) is 3.56. The average Bonchev–Trinajstić information content (AvgIpc) is 3.06. The summed E-state index contributed by atoms with van der Waals surface area (Å²) in [4.78, 5) is 0.808. The molecule has 0 bridgehead atoms. The number of rotatable bonds is 2. The Balaban J connectivity index is 0.000000753. The van der Waals surface area contributed by atoms with Crippen LogP contribution in [-0.2, 0) is 10.8 Å². The highest BCUT2D eigenvalue weighted by Gasteiger charge is 2.15. The Morgan fingerprint density at radius 1 is 0.870 bits per heavy atom. The third-order valence-corrected chi connectivity index (χ3v) is 5.00. The van der Waals surface area contributed by atoms with Crippen molar-refractivity contribution in [2.24, 2.45) is 5.73 Å². The fraction of sp³-hybridized carbons (Fsp3) is 0.0556. The SMILES string of the molecule is CN.O=S(c1cccc2ccccc12)c1[nH]nc2ccccc12. The molecule has 0 fully saturated rings. The van der Waals surface area contributed by atoms with Crippen LogP contribution in [0.25, 0.3) is 21.7 Å². The number of H-pyrrole nitrogens is 1. The fourth-order valence-corrected chi connectivity index (χ4v) is 3.85. The zero-order valence-corrected chi connectivity index (χ0v) is 13.5. The van der Waals surface area contributed by atoms with E-state index in [-0.39, 0.29) is 0 Å². The number of nitrogens with two attached hydrogens (primary N) is 1. The maximum Gasteiger partial charge on any atom is 0.135 e. The van der Waals surface area contributed by atoms with Gasteiger partial charge in [0.05, 0.1) is 10.4 Å². The Kier molecular flexibility index (Phi) is 4.50. The van der Waals surface area contributed by atoms with Gasteiger partial charge < -0.3 is 5.73 Å². The van der Waals surface area contributed by atoms with Gasteiger partial charge in [-0.3, -0.25) is 5.10 Å². The maximum absolute atomic E-state index is 13.0. The van der Waals surface area contributed by atoms with E-state index < -0.39 is 10.8 Å². The minimum Gasteiger partial charge on any atom is -0.333 e. The highest BCUT2D eigenvalue weighted by atomic mass is 32.2. The summed E-state index contributed by atoms with van der Waals surface area (Å²) in [5.41, 5.74) is 5.33. The largest absolute Gasteiger partial charge is 0.333 e. The molecule has 0 saturated carbocycles. The summed E-state index contributed by atoms with van der Waals surface area (Å²) in [5.74, 6) is 0. The molecule has 3 aromatic carbocycles. The second-order valence-electron chi connectivity index (χ2n) is 4.82. The minimum atomic E-state index is -1.28. The van der Waals surface area contributed by atoms with Gasteiger partial charge >= 0.3 is 0 Å². The number of hydrogen-bond acceptors (Lipinski definition) is 3. The van der Waals surface area contributed by atoms with Gasteiger partial charge in [-0.25, -0.2) is 4.21 Å². The van der Waals surface area contributed by atoms with Crippen molar-refractivity contribution >= 4 is 32.5 Å². The van der Waals surface area contributed by atoms with Crippen molar-refractivity contribution < 1.29 is 4.21 Å². The van der Waals surface area contributed by atoms with Crippen LogP contribution >= 0.6 is 0 Å². The van der Waals surface area contributed by atoms with Crippen molar-refractivity contribution in [3.63, 3.8) is 0 Å². The second kappa shape index (κ2) is 6.73. The van der Waals surface area contributed by atoms with Crippen molar-refractivity contribution in [2.45, 2.75) is 9.92 Å². The van der Waals surface area contributed by atoms with Gasteiger partial charge in [0.2, 0.25) is 0 Å². The molecule has 0 aliphatic rings. The Labute approximate surface area is 136 Å². The van der Waals surface area contributed by atoms with E-state index in [1.165, 1.54) is 7.05 Å². The summed E-state index contributed by atoms with van der Waals surface area (Å²) < 4.78 is 13.0. The van der Waals surface area contributed by atoms with Crippen LogP contribution in [0.1, 0.15) is 0 Å². The molecule has 1 aromatic heterocycles. The van der Waals surface area contributed by atoms with E-state index in [9.17, 15) is 4.21 Å². The summed E-state index contributed by atoms with van der Waals surface area (Å²) in [6.07, 6.45) is 0. The first-order chi connectivity index (χ1) is 11.3. The summed E-state index contributed by atoms with van der Waals surface area (Å²) in [6, 6.07) is 21.6. The molecule has 4 nitrogen and oxygen atoms in total. The Morgan fingerprint density at radius 2 is 1.52 bits per heavy atom. The normalized spacial score (nSPS) is 11.9. The van der Waals surface area contributed by atoms with E-state index in [0.717, 1.165) is 26.6 Å². The fourth-order valence-electron chi connectivity index (χ4n) is 2.54. The van der Waals surface area contributed by atoms with E-state index in [0.29, 0.717) is 5.03 Å². The molecule has 0 saturated heterocycles. The van der Waals surface area contributed by atoms with Crippen molar-refractivity contribution in [1.82, 2.24) is 10.2 Å². The summed E-state index contributed by atoms with van der Waals surface area (Å²) in [5, 5.41) is 10.8. The molecule has 0 spiro atoms. The summed E-state index contributed by atoms with van der Waals surface area (Å²) in [7, 11) is 0.217. The van der Waals surface area contributed by atoms with Gasteiger partial charge in [0.15, 0.2) is 0 Å². The minimum absolute atomic E-state index is 0.655. The number of fused-ring (bicyclic) bond motifs is 2. The molecule has 23 heavy (non-hydrogen) atoms. The van der Waals surface area contributed by atoms with Gasteiger partial charge in [-0.2, -0.15) is 5.10 Å². The lowest BCUT2D eigenvalue weighted by Gasteiger charge is -2.05. The van der Waals surface area contributed by atoms with Crippen molar-refractivity contribution in [1.29, 1.82) is 0 Å². The topological polar surface area (TPSA) is 71.8 Å². The van der Waals surface area contributed by atoms with Gasteiger partial charge in [0.25, 0.3) is 0 Å². The number of para-hydroxylation sites is 1. The van der Waals surface area contributed by atoms with Crippen LogP contribution in [0, 0.1) is 0 Å². The molecule has 3 N–H and O–H groups in total. The molecule has 5 heteroatoms. The molecule has 1 heterocycles. The van der Waals surface area contributed by atoms with Crippen molar-refractivity contribution in [3.8, 4) is 0 Å². The van der Waals surface area contributed by atoms with Crippen molar-refractivity contribution in [2.75, 3.05) is 7.05 Å². The predicted molar refractivity (Wildman–Crippen MR) is 94.8 cm³/mol. The molecule has 0 amide bonds. The molecule has 1 unspecified atom stereocenters.